The number of piperidine rings is 2. The average Bonchev–Trinajstić information content (AvgIpc) is 3.62. The van der Waals surface area contributed by atoms with Crippen LogP contribution >= 0.6 is 23.2 Å². The van der Waals surface area contributed by atoms with Crippen molar-refractivity contribution in [3.05, 3.63) is 110 Å². The number of nitrogens with zero attached hydrogens (tertiary/aromatic N) is 9. The third-order valence-electron chi connectivity index (χ3n) is 14.3. The number of alkyl halides is 4. The molecule has 3 aromatic carbocycles. The van der Waals surface area contributed by atoms with Crippen molar-refractivity contribution in [3.8, 4) is 17.6 Å². The van der Waals surface area contributed by atoms with Crippen molar-refractivity contribution in [2.24, 2.45) is 7.05 Å². The smallest absolute Gasteiger partial charge is 0.489 e. The molecule has 2 amide bonds. The van der Waals surface area contributed by atoms with Gasteiger partial charge in [0.2, 0.25) is 17.8 Å². The lowest BCUT2D eigenvalue weighted by atomic mass is 9.77. The summed E-state index contributed by atoms with van der Waals surface area (Å²) in [4.78, 5) is 66.3. The lowest BCUT2D eigenvalue weighted by Gasteiger charge is -2.49. The minimum absolute atomic E-state index is 0.222. The molecule has 1 unspecified atom stereocenters. The average molecular weight is 1050 g/mol. The number of amides is 2. The number of carbonyl (C=O) groups excluding carboxylic acids is 2. The summed E-state index contributed by atoms with van der Waals surface area (Å²) in [6, 6.07) is 22.1. The number of ether oxygens (including phenoxy) is 2. The second kappa shape index (κ2) is 22.5. The number of piperazine rings is 1. The number of aromatic nitrogens is 4. The van der Waals surface area contributed by atoms with Crippen LogP contribution in [0.4, 0.5) is 19.1 Å². The van der Waals surface area contributed by atoms with E-state index in [2.05, 4.69) is 55.9 Å². The second-order valence-electron chi connectivity index (χ2n) is 19.2. The number of fused-ring (bicyclic) bond motifs is 1. The Bertz CT molecular complexity index is 2920. The van der Waals surface area contributed by atoms with Crippen molar-refractivity contribution in [2.45, 2.75) is 82.4 Å². The molecule has 4 saturated heterocycles. The number of imide groups is 1. The molecule has 6 heterocycles. The van der Waals surface area contributed by atoms with Crippen molar-refractivity contribution < 1.29 is 42.1 Å². The first-order valence-electron chi connectivity index (χ1n) is 24.1. The number of para-hydroxylation sites is 1. The van der Waals surface area contributed by atoms with Gasteiger partial charge in [0, 0.05) is 96.1 Å². The first-order valence-corrected chi connectivity index (χ1v) is 25.0. The third kappa shape index (κ3) is 11.9. The predicted molar refractivity (Wildman–Crippen MR) is 267 cm³/mol. The van der Waals surface area contributed by atoms with Crippen LogP contribution in [0, 0.1) is 11.3 Å². The normalized spacial score (nSPS) is 18.7. The molecule has 5 aromatic rings. The SMILES string of the molecule is Cn1c(=O)n(C2CCC(=O)NC2=O)c2cccc(CN3CC(N4CCC(N5CCN(c6nccc(COc7ccc(C(C)(C)c8cc(Cl)c(OCCCl)c(C#N)c8)cc7)n6)CC5)CC4)C3)c21.O=C(O)C(F)(F)F. The number of halogens is 5. The van der Waals surface area contributed by atoms with Gasteiger partial charge in [-0.3, -0.25) is 38.7 Å². The van der Waals surface area contributed by atoms with Crippen LogP contribution < -0.4 is 25.4 Å². The Morgan fingerprint density at radius 2 is 1.60 bits per heavy atom. The highest BCUT2D eigenvalue weighted by Gasteiger charge is 2.39. The second-order valence-corrected chi connectivity index (χ2v) is 20.0. The molecule has 9 rings (SSSR count). The zero-order chi connectivity index (χ0) is 52.2. The maximum Gasteiger partial charge on any atom is 0.490 e. The minimum atomic E-state index is -5.08. The lowest BCUT2D eigenvalue weighted by molar-refractivity contribution is -0.192. The fourth-order valence-electron chi connectivity index (χ4n) is 10.2. The van der Waals surface area contributed by atoms with E-state index in [0.29, 0.717) is 47.3 Å². The summed E-state index contributed by atoms with van der Waals surface area (Å²) >= 11 is 12.4. The molecule has 0 bridgehead atoms. The summed E-state index contributed by atoms with van der Waals surface area (Å²) in [5.74, 6) is -1.35. The number of carbonyl (C=O) groups is 3. The Balaban J connectivity index is 0.000000948. The van der Waals surface area contributed by atoms with Gasteiger partial charge < -0.3 is 19.5 Å². The highest BCUT2D eigenvalue weighted by atomic mass is 35.5. The molecule has 0 radical (unpaired) electrons. The van der Waals surface area contributed by atoms with Crippen LogP contribution in [0.3, 0.4) is 0 Å². The molecule has 0 spiro atoms. The quantitative estimate of drug-likeness (QED) is 0.0936. The van der Waals surface area contributed by atoms with Crippen LogP contribution in [0.2, 0.25) is 5.02 Å². The molecular formula is C51H57Cl2F3N10O7. The van der Waals surface area contributed by atoms with Gasteiger partial charge in [-0.25, -0.2) is 19.6 Å². The fraction of sp³-hybridized carbons (Fsp3) is 0.471. The van der Waals surface area contributed by atoms with Crippen molar-refractivity contribution in [3.63, 3.8) is 0 Å². The fourth-order valence-corrected chi connectivity index (χ4v) is 10.5. The van der Waals surface area contributed by atoms with Gasteiger partial charge in [-0.05, 0) is 72.4 Å². The topological polar surface area (TPSA) is 191 Å². The molecule has 22 heteroatoms. The zero-order valence-electron chi connectivity index (χ0n) is 40.7. The summed E-state index contributed by atoms with van der Waals surface area (Å²) in [7, 11) is 1.77. The van der Waals surface area contributed by atoms with Gasteiger partial charge in [0.05, 0.1) is 33.2 Å². The summed E-state index contributed by atoms with van der Waals surface area (Å²) < 4.78 is 46.8. The number of nitriles is 1. The van der Waals surface area contributed by atoms with Crippen molar-refractivity contribution in [1.29, 1.82) is 5.26 Å². The van der Waals surface area contributed by atoms with E-state index in [-0.39, 0.29) is 24.6 Å². The van der Waals surface area contributed by atoms with Crippen molar-refractivity contribution in [1.82, 2.24) is 39.1 Å². The van der Waals surface area contributed by atoms with E-state index in [9.17, 15) is 32.8 Å². The number of likely N-dealkylation sites (tertiary alicyclic amines) is 2. The predicted octanol–water partition coefficient (Wildman–Crippen LogP) is 6.26. The molecule has 388 valence electrons. The molecule has 1 atom stereocenters. The van der Waals surface area contributed by atoms with Crippen LogP contribution in [-0.4, -0.2) is 140 Å². The number of anilines is 1. The molecular weight excluding hydrogens is 993 g/mol. The molecule has 17 nitrogen and oxygen atoms in total. The molecule has 4 fully saturated rings. The van der Waals surface area contributed by atoms with Crippen LogP contribution in [0.1, 0.15) is 73.5 Å². The first-order chi connectivity index (χ1) is 34.9. The number of carboxylic acid groups (broad SMARTS) is 1. The van der Waals surface area contributed by atoms with Gasteiger partial charge >= 0.3 is 17.8 Å². The number of carboxylic acids is 1. The number of aliphatic carboxylic acids is 1. The van der Waals surface area contributed by atoms with Crippen LogP contribution in [0.15, 0.2) is 71.7 Å². The Morgan fingerprint density at radius 1 is 0.918 bits per heavy atom. The van der Waals surface area contributed by atoms with E-state index in [1.165, 1.54) is 0 Å². The highest BCUT2D eigenvalue weighted by Crippen LogP contribution is 2.39. The molecule has 0 aliphatic carbocycles. The number of rotatable bonds is 14. The van der Waals surface area contributed by atoms with E-state index in [1.807, 2.05) is 60.8 Å². The lowest BCUT2D eigenvalue weighted by Crippen LogP contribution is -2.62. The van der Waals surface area contributed by atoms with E-state index in [4.69, 9.17) is 47.6 Å². The molecule has 4 aliphatic heterocycles. The number of aryl methyl sites for hydroxylation is 1. The van der Waals surface area contributed by atoms with Crippen LogP contribution in [0.25, 0.3) is 11.0 Å². The van der Waals surface area contributed by atoms with E-state index < -0.39 is 29.5 Å². The van der Waals surface area contributed by atoms with Gasteiger partial charge in [-0.15, -0.1) is 11.6 Å². The van der Waals surface area contributed by atoms with Gasteiger partial charge in [0.25, 0.3) is 0 Å². The van der Waals surface area contributed by atoms with Crippen molar-refractivity contribution in [2.75, 3.05) is 69.7 Å². The van der Waals surface area contributed by atoms with Crippen LogP contribution in [-0.2, 0) is 40.0 Å². The first kappa shape index (κ1) is 53.1. The number of hydrogen-bond donors (Lipinski definition) is 2. The summed E-state index contributed by atoms with van der Waals surface area (Å²) in [5, 5.41) is 19.7. The summed E-state index contributed by atoms with van der Waals surface area (Å²) in [5.41, 5.74) is 5.12. The molecule has 73 heavy (non-hydrogen) atoms. The van der Waals surface area contributed by atoms with E-state index in [1.54, 1.807) is 16.2 Å². The Labute approximate surface area is 430 Å². The van der Waals surface area contributed by atoms with E-state index >= 15 is 0 Å². The number of nitrogens with one attached hydrogen (secondary N) is 1. The van der Waals surface area contributed by atoms with Crippen molar-refractivity contribution >= 4 is 58.0 Å². The maximum atomic E-state index is 13.4. The molecule has 2 aromatic heterocycles. The van der Waals surface area contributed by atoms with Gasteiger partial charge in [-0.1, -0.05) is 49.7 Å². The highest BCUT2D eigenvalue weighted by molar-refractivity contribution is 6.32. The number of benzene rings is 3. The van der Waals surface area contributed by atoms with Gasteiger partial charge in [0.1, 0.15) is 31.1 Å². The largest absolute Gasteiger partial charge is 0.490 e. The molecule has 0 saturated carbocycles. The number of hydrogen-bond acceptors (Lipinski definition) is 13. The minimum Gasteiger partial charge on any atom is -0.489 e. The Kier molecular flexibility index (Phi) is 16.3. The Hall–Kier alpha value is -6.24. The van der Waals surface area contributed by atoms with E-state index in [0.717, 1.165) is 117 Å². The maximum absolute atomic E-state index is 13.4. The van der Waals surface area contributed by atoms with Gasteiger partial charge in [0.15, 0.2) is 5.75 Å². The Morgan fingerprint density at radius 3 is 2.25 bits per heavy atom. The summed E-state index contributed by atoms with van der Waals surface area (Å²) in [6.45, 7) is 13.4. The molecule has 4 aliphatic rings. The zero-order valence-corrected chi connectivity index (χ0v) is 42.2. The standard InChI is InChI=1S/C49H56Cl2N10O5.C2HF3O2/c1-49(2,35-25-33(27-52)45(40(51)26-35)65-24-16-50)34-7-9-39(10-8-34)66-31-36-13-17-53-47(54-36)60-22-20-59(21-23-60)37-14-18-58(19-15-37)38-29-57(30-38)28-32-5-4-6-41-44(32)56(3)48(64)61(41)42-11-12-43(62)55-46(42)63;3-2(4,5)1(6)7/h4-10,13,17,25-26,37-38,42H,11-12,14-16,18-24,28-31H2,1-3H3,(H,55,62,63);(H,6,7). The third-order valence-corrected chi connectivity index (χ3v) is 14.7. The van der Waals surface area contributed by atoms with Gasteiger partial charge in [-0.2, -0.15) is 18.4 Å². The summed E-state index contributed by atoms with van der Waals surface area (Å²) in [6.07, 6.45) is -0.416. The molecule has 2 N–H and O–H groups in total. The monoisotopic (exact) mass is 1050 g/mol. The number of imidazole rings is 1. The van der Waals surface area contributed by atoms with Crippen LogP contribution in [0.5, 0.6) is 11.5 Å².